The quantitative estimate of drug-likeness (QED) is 0.622. The Labute approximate surface area is 81.4 Å². The Morgan fingerprint density at radius 3 is 2.71 bits per heavy atom. The van der Waals surface area contributed by atoms with Gasteiger partial charge in [0.25, 0.3) is 0 Å². The molecule has 0 spiro atoms. The van der Waals surface area contributed by atoms with Crippen molar-refractivity contribution >= 4 is 11.9 Å². The van der Waals surface area contributed by atoms with Gasteiger partial charge in [-0.2, -0.15) is 0 Å². The molecule has 0 aliphatic carbocycles. The van der Waals surface area contributed by atoms with Crippen molar-refractivity contribution < 1.29 is 19.4 Å². The third-order valence-corrected chi connectivity index (χ3v) is 2.76. The van der Waals surface area contributed by atoms with Crippen LogP contribution in [0.4, 0.5) is 0 Å². The van der Waals surface area contributed by atoms with Gasteiger partial charge in [0.2, 0.25) is 5.91 Å². The van der Waals surface area contributed by atoms with Crippen LogP contribution < -0.4 is 5.32 Å². The fourth-order valence-corrected chi connectivity index (χ4v) is 2.18. The first kappa shape index (κ1) is 9.45. The van der Waals surface area contributed by atoms with Gasteiger partial charge in [-0.3, -0.25) is 9.59 Å². The Bertz CT molecular complexity index is 266. The standard InChI is InChI=1S/C9H13NO4/c11-8(4-9(12)13)10-6-3-5-1-2-7(6)14-5/h5-7H,1-4H2,(H,10,11)(H,12,13)/t5-,6-,7+/m1/s1. The largest absolute Gasteiger partial charge is 0.481 e. The number of aliphatic carboxylic acids is 1. The molecule has 3 atom stereocenters. The van der Waals surface area contributed by atoms with Crippen molar-refractivity contribution in [1.82, 2.24) is 5.32 Å². The summed E-state index contributed by atoms with van der Waals surface area (Å²) in [4.78, 5) is 21.4. The summed E-state index contributed by atoms with van der Waals surface area (Å²) >= 11 is 0. The van der Waals surface area contributed by atoms with Crippen LogP contribution in [0.2, 0.25) is 0 Å². The molecule has 5 nitrogen and oxygen atoms in total. The Hall–Kier alpha value is -1.10. The molecule has 2 heterocycles. The van der Waals surface area contributed by atoms with Crippen LogP contribution in [0.3, 0.4) is 0 Å². The van der Waals surface area contributed by atoms with Crippen molar-refractivity contribution in [2.75, 3.05) is 0 Å². The summed E-state index contributed by atoms with van der Waals surface area (Å²) in [6.07, 6.45) is 2.80. The highest BCUT2D eigenvalue weighted by atomic mass is 16.5. The van der Waals surface area contributed by atoms with E-state index in [1.165, 1.54) is 0 Å². The number of carbonyl (C=O) groups is 2. The Kier molecular flexibility index (Phi) is 2.41. The number of fused-ring (bicyclic) bond motifs is 2. The number of nitrogens with one attached hydrogen (secondary N) is 1. The van der Waals surface area contributed by atoms with Crippen molar-refractivity contribution in [3.63, 3.8) is 0 Å². The first-order valence-electron chi connectivity index (χ1n) is 4.82. The molecule has 2 aliphatic heterocycles. The number of hydrogen-bond donors (Lipinski definition) is 2. The van der Waals surface area contributed by atoms with Crippen LogP contribution in [0.1, 0.15) is 25.7 Å². The van der Waals surface area contributed by atoms with Gasteiger partial charge >= 0.3 is 5.97 Å². The maximum Gasteiger partial charge on any atom is 0.312 e. The van der Waals surface area contributed by atoms with E-state index in [2.05, 4.69) is 5.32 Å². The van der Waals surface area contributed by atoms with Gasteiger partial charge in [-0.25, -0.2) is 0 Å². The van der Waals surface area contributed by atoms with E-state index in [9.17, 15) is 9.59 Å². The van der Waals surface area contributed by atoms with Gasteiger partial charge in [0.15, 0.2) is 0 Å². The van der Waals surface area contributed by atoms with E-state index in [-0.39, 0.29) is 18.2 Å². The molecule has 2 saturated heterocycles. The smallest absolute Gasteiger partial charge is 0.312 e. The van der Waals surface area contributed by atoms with E-state index < -0.39 is 18.3 Å². The summed E-state index contributed by atoms with van der Waals surface area (Å²) in [7, 11) is 0. The minimum Gasteiger partial charge on any atom is -0.481 e. The monoisotopic (exact) mass is 199 g/mol. The third kappa shape index (κ3) is 1.87. The molecule has 0 aromatic heterocycles. The molecule has 2 fully saturated rings. The van der Waals surface area contributed by atoms with Crippen molar-refractivity contribution in [1.29, 1.82) is 0 Å². The lowest BCUT2D eigenvalue weighted by atomic mass is 9.95. The fraction of sp³-hybridized carbons (Fsp3) is 0.778. The molecular formula is C9H13NO4. The maximum atomic E-state index is 11.1. The predicted octanol–water partition coefficient (Wildman–Crippen LogP) is -0.103. The highest BCUT2D eigenvalue weighted by Gasteiger charge is 2.41. The van der Waals surface area contributed by atoms with E-state index in [1.54, 1.807) is 0 Å². The summed E-state index contributed by atoms with van der Waals surface area (Å²) in [5.74, 6) is -1.51. The Morgan fingerprint density at radius 2 is 2.21 bits per heavy atom. The maximum absolute atomic E-state index is 11.1. The molecule has 0 unspecified atom stereocenters. The third-order valence-electron chi connectivity index (χ3n) is 2.76. The van der Waals surface area contributed by atoms with Crippen LogP contribution in [0, 0.1) is 0 Å². The molecule has 1 amide bonds. The molecular weight excluding hydrogens is 186 g/mol. The highest BCUT2D eigenvalue weighted by Crippen LogP contribution is 2.34. The molecule has 0 aromatic carbocycles. The summed E-state index contributed by atoms with van der Waals surface area (Å²) in [5, 5.41) is 11.1. The Balaban J connectivity index is 1.81. The van der Waals surface area contributed by atoms with E-state index in [0.29, 0.717) is 0 Å². The van der Waals surface area contributed by atoms with E-state index >= 15 is 0 Å². The lowest BCUT2D eigenvalue weighted by Crippen LogP contribution is -2.41. The molecule has 5 heteroatoms. The van der Waals surface area contributed by atoms with Crippen molar-refractivity contribution in [3.8, 4) is 0 Å². The van der Waals surface area contributed by atoms with Crippen molar-refractivity contribution in [2.24, 2.45) is 0 Å². The molecule has 2 rings (SSSR count). The number of ether oxygens (including phenoxy) is 1. The molecule has 2 bridgehead atoms. The van der Waals surface area contributed by atoms with Gasteiger partial charge < -0.3 is 15.2 Å². The van der Waals surface area contributed by atoms with Crippen LogP contribution in [0.15, 0.2) is 0 Å². The number of carboxylic acid groups (broad SMARTS) is 1. The minimum atomic E-state index is -1.09. The van der Waals surface area contributed by atoms with Gasteiger partial charge in [-0.05, 0) is 19.3 Å². The second-order valence-electron chi connectivity index (χ2n) is 3.85. The number of carbonyl (C=O) groups excluding carboxylic acids is 1. The zero-order valence-corrected chi connectivity index (χ0v) is 7.73. The second-order valence-corrected chi connectivity index (χ2v) is 3.85. The van der Waals surface area contributed by atoms with Crippen LogP contribution in [0.5, 0.6) is 0 Å². The highest BCUT2D eigenvalue weighted by molar-refractivity contribution is 5.93. The van der Waals surface area contributed by atoms with Crippen LogP contribution in [-0.2, 0) is 14.3 Å². The zero-order valence-electron chi connectivity index (χ0n) is 7.73. The Morgan fingerprint density at radius 1 is 1.43 bits per heavy atom. The van der Waals surface area contributed by atoms with E-state index in [4.69, 9.17) is 9.84 Å². The summed E-state index contributed by atoms with van der Waals surface area (Å²) < 4.78 is 5.53. The molecule has 0 radical (unpaired) electrons. The molecule has 14 heavy (non-hydrogen) atoms. The van der Waals surface area contributed by atoms with E-state index in [1.807, 2.05) is 0 Å². The molecule has 0 aromatic rings. The SMILES string of the molecule is O=C(O)CC(=O)N[C@@H]1C[C@H]2CC[C@@H]1O2. The fourth-order valence-electron chi connectivity index (χ4n) is 2.18. The first-order chi connectivity index (χ1) is 6.65. The van der Waals surface area contributed by atoms with Crippen LogP contribution in [0.25, 0.3) is 0 Å². The number of hydrogen-bond acceptors (Lipinski definition) is 3. The van der Waals surface area contributed by atoms with Crippen molar-refractivity contribution in [2.45, 2.75) is 43.9 Å². The van der Waals surface area contributed by atoms with Gasteiger partial charge in [-0.1, -0.05) is 0 Å². The molecule has 2 N–H and O–H groups in total. The molecule has 2 aliphatic rings. The van der Waals surface area contributed by atoms with Crippen molar-refractivity contribution in [3.05, 3.63) is 0 Å². The molecule has 0 saturated carbocycles. The number of amides is 1. The van der Waals surface area contributed by atoms with Gasteiger partial charge in [0, 0.05) is 0 Å². The van der Waals surface area contributed by atoms with E-state index in [0.717, 1.165) is 19.3 Å². The van der Waals surface area contributed by atoms with Crippen LogP contribution in [-0.4, -0.2) is 35.2 Å². The molecule has 78 valence electrons. The summed E-state index contributed by atoms with van der Waals surface area (Å²) in [6, 6.07) is 0.0283. The van der Waals surface area contributed by atoms with Crippen LogP contribution >= 0.6 is 0 Å². The lowest BCUT2D eigenvalue weighted by molar-refractivity contribution is -0.141. The summed E-state index contributed by atoms with van der Waals surface area (Å²) in [5.41, 5.74) is 0. The predicted molar refractivity (Wildman–Crippen MR) is 46.7 cm³/mol. The first-order valence-corrected chi connectivity index (χ1v) is 4.82. The average molecular weight is 199 g/mol. The second kappa shape index (κ2) is 3.57. The zero-order chi connectivity index (χ0) is 10.1. The number of rotatable bonds is 3. The van der Waals surface area contributed by atoms with Gasteiger partial charge in [0.1, 0.15) is 6.42 Å². The number of carboxylic acids is 1. The minimum absolute atomic E-state index is 0.0283. The van der Waals surface area contributed by atoms with Gasteiger partial charge in [-0.15, -0.1) is 0 Å². The normalized spacial score (nSPS) is 34.4. The topological polar surface area (TPSA) is 75.6 Å². The lowest BCUT2D eigenvalue weighted by Gasteiger charge is -2.19. The summed E-state index contributed by atoms with van der Waals surface area (Å²) in [6.45, 7) is 0. The average Bonchev–Trinajstić information content (AvgIpc) is 2.62. The van der Waals surface area contributed by atoms with Gasteiger partial charge in [0.05, 0.1) is 18.2 Å².